The maximum Gasteiger partial charge on any atom is 0.314 e. The maximum atomic E-state index is 13.4. The molecule has 1 aliphatic rings. The van der Waals surface area contributed by atoms with E-state index in [0.29, 0.717) is 25.2 Å². The van der Waals surface area contributed by atoms with Crippen molar-refractivity contribution in [3.8, 4) is 16.9 Å². The highest BCUT2D eigenvalue weighted by atomic mass is 19.1. The Morgan fingerprint density at radius 2 is 1.87 bits per heavy atom. The van der Waals surface area contributed by atoms with Crippen LogP contribution < -0.4 is 11.1 Å². The van der Waals surface area contributed by atoms with Gasteiger partial charge in [-0.05, 0) is 49.2 Å². The number of nitrogens with one attached hydrogen (secondary N) is 1. The lowest BCUT2D eigenvalue weighted by atomic mass is 9.97. The van der Waals surface area contributed by atoms with Crippen molar-refractivity contribution < 1.29 is 14.0 Å². The predicted molar refractivity (Wildman–Crippen MR) is 115 cm³/mol. The molecule has 1 saturated heterocycles. The standard InChI is InChI=1S/C23H24FN5O2/c24-19-10-8-16(9-11-19)21-18(15-29(27-21)20-6-2-1-3-7-20)13-26-22(30)17-5-4-12-28(14-17)23(25)31/h1-3,6-11,15,17H,4-5,12-14H2,(H2,25,31)(H,26,30)/t17-/m1/s1. The van der Waals surface area contributed by atoms with E-state index in [1.165, 1.54) is 17.0 Å². The van der Waals surface area contributed by atoms with Crippen molar-refractivity contribution in [1.82, 2.24) is 20.0 Å². The molecule has 0 radical (unpaired) electrons. The van der Waals surface area contributed by atoms with Gasteiger partial charge < -0.3 is 16.0 Å². The average molecular weight is 421 g/mol. The maximum absolute atomic E-state index is 13.4. The number of rotatable bonds is 5. The molecular weight excluding hydrogens is 397 g/mol. The summed E-state index contributed by atoms with van der Waals surface area (Å²) >= 11 is 0. The van der Waals surface area contributed by atoms with Gasteiger partial charge in [0.2, 0.25) is 5.91 Å². The molecule has 160 valence electrons. The number of halogens is 1. The van der Waals surface area contributed by atoms with Gasteiger partial charge in [0.05, 0.1) is 17.3 Å². The molecule has 0 aliphatic carbocycles. The number of likely N-dealkylation sites (tertiary alicyclic amines) is 1. The lowest BCUT2D eigenvalue weighted by Gasteiger charge is -2.30. The minimum atomic E-state index is -0.500. The molecular formula is C23H24FN5O2. The van der Waals surface area contributed by atoms with Gasteiger partial charge in [0.25, 0.3) is 0 Å². The molecule has 3 amide bonds. The Balaban J connectivity index is 1.55. The number of para-hydroxylation sites is 1. The Hall–Kier alpha value is -3.68. The van der Waals surface area contributed by atoms with E-state index in [9.17, 15) is 14.0 Å². The normalized spacial score (nSPS) is 16.2. The van der Waals surface area contributed by atoms with Crippen LogP contribution in [0.2, 0.25) is 0 Å². The Labute approximate surface area is 179 Å². The Kier molecular flexibility index (Phi) is 5.97. The molecule has 2 heterocycles. The van der Waals surface area contributed by atoms with Crippen molar-refractivity contribution in [2.24, 2.45) is 11.7 Å². The predicted octanol–water partition coefficient (Wildman–Crippen LogP) is 3.09. The van der Waals surface area contributed by atoms with Gasteiger partial charge in [0.15, 0.2) is 0 Å². The number of nitrogens with zero attached hydrogens (tertiary/aromatic N) is 3. The van der Waals surface area contributed by atoms with Crippen LogP contribution in [-0.4, -0.2) is 39.7 Å². The first kappa shape index (κ1) is 20.6. The third-order valence-electron chi connectivity index (χ3n) is 5.49. The van der Waals surface area contributed by atoms with E-state index in [1.807, 2.05) is 36.5 Å². The lowest BCUT2D eigenvalue weighted by Crippen LogP contribution is -2.47. The largest absolute Gasteiger partial charge is 0.352 e. The van der Waals surface area contributed by atoms with Crippen molar-refractivity contribution in [3.63, 3.8) is 0 Å². The van der Waals surface area contributed by atoms with Gasteiger partial charge in [-0.3, -0.25) is 4.79 Å². The lowest BCUT2D eigenvalue weighted by molar-refractivity contribution is -0.126. The second kappa shape index (κ2) is 8.99. The second-order valence-electron chi connectivity index (χ2n) is 7.63. The summed E-state index contributed by atoms with van der Waals surface area (Å²) in [6.07, 6.45) is 3.32. The number of amides is 3. The molecule has 1 atom stereocenters. The van der Waals surface area contributed by atoms with Gasteiger partial charge in [0.1, 0.15) is 5.82 Å². The van der Waals surface area contributed by atoms with Crippen LogP contribution >= 0.6 is 0 Å². The van der Waals surface area contributed by atoms with Gasteiger partial charge in [-0.15, -0.1) is 0 Å². The van der Waals surface area contributed by atoms with Crippen LogP contribution in [0.15, 0.2) is 60.8 Å². The highest BCUT2D eigenvalue weighted by Crippen LogP contribution is 2.24. The topological polar surface area (TPSA) is 93.3 Å². The van der Waals surface area contributed by atoms with E-state index in [-0.39, 0.29) is 24.2 Å². The van der Waals surface area contributed by atoms with Gasteiger partial charge in [-0.25, -0.2) is 13.9 Å². The summed E-state index contributed by atoms with van der Waals surface area (Å²) in [4.78, 5) is 25.7. The van der Waals surface area contributed by atoms with Crippen LogP contribution in [0.1, 0.15) is 18.4 Å². The molecule has 0 spiro atoms. The van der Waals surface area contributed by atoms with Crippen LogP contribution in [-0.2, 0) is 11.3 Å². The van der Waals surface area contributed by atoms with Gasteiger partial charge in [-0.1, -0.05) is 18.2 Å². The molecule has 1 aromatic heterocycles. The molecule has 0 saturated carbocycles. The summed E-state index contributed by atoms with van der Waals surface area (Å²) in [5.74, 6) is -0.736. The van der Waals surface area contributed by atoms with Crippen molar-refractivity contribution in [1.29, 1.82) is 0 Å². The molecule has 3 aromatic rings. The molecule has 0 unspecified atom stereocenters. The molecule has 3 N–H and O–H groups in total. The van der Waals surface area contributed by atoms with E-state index < -0.39 is 6.03 Å². The summed E-state index contributed by atoms with van der Waals surface area (Å²) in [5, 5.41) is 7.65. The third-order valence-corrected chi connectivity index (χ3v) is 5.49. The van der Waals surface area contributed by atoms with E-state index in [2.05, 4.69) is 10.4 Å². The molecule has 7 nitrogen and oxygen atoms in total. The average Bonchev–Trinajstić information content (AvgIpc) is 3.23. The first-order valence-corrected chi connectivity index (χ1v) is 10.2. The highest BCUT2D eigenvalue weighted by molar-refractivity contribution is 5.80. The number of hydrogen-bond donors (Lipinski definition) is 2. The summed E-state index contributed by atoms with van der Waals surface area (Å²) in [5.41, 5.74) is 8.49. The van der Waals surface area contributed by atoms with Crippen LogP contribution in [0.4, 0.5) is 9.18 Å². The van der Waals surface area contributed by atoms with Crippen LogP contribution in [0.5, 0.6) is 0 Å². The summed E-state index contributed by atoms with van der Waals surface area (Å²) in [6, 6.07) is 15.3. The second-order valence-corrected chi connectivity index (χ2v) is 7.63. The van der Waals surface area contributed by atoms with E-state index in [1.54, 1.807) is 16.8 Å². The zero-order valence-electron chi connectivity index (χ0n) is 17.0. The molecule has 4 rings (SSSR count). The van der Waals surface area contributed by atoms with Gasteiger partial charge >= 0.3 is 6.03 Å². The first-order chi connectivity index (χ1) is 15.0. The SMILES string of the molecule is NC(=O)N1CCC[C@@H](C(=O)NCc2cn(-c3ccccc3)nc2-c2ccc(F)cc2)C1. The van der Waals surface area contributed by atoms with Crippen LogP contribution in [0.25, 0.3) is 16.9 Å². The number of piperidine rings is 1. The molecule has 1 aliphatic heterocycles. The molecule has 2 aromatic carbocycles. The van der Waals surface area contributed by atoms with Crippen molar-refractivity contribution in [2.45, 2.75) is 19.4 Å². The fourth-order valence-corrected chi connectivity index (χ4v) is 3.82. The number of hydrogen-bond acceptors (Lipinski definition) is 3. The zero-order valence-corrected chi connectivity index (χ0v) is 17.0. The smallest absolute Gasteiger partial charge is 0.314 e. The number of carbonyl (C=O) groups is 2. The van der Waals surface area contributed by atoms with Gasteiger partial charge in [0, 0.05) is 37.0 Å². The number of urea groups is 1. The zero-order chi connectivity index (χ0) is 21.8. The quantitative estimate of drug-likeness (QED) is 0.663. The summed E-state index contributed by atoms with van der Waals surface area (Å²) < 4.78 is 15.1. The van der Waals surface area contributed by atoms with Gasteiger partial charge in [-0.2, -0.15) is 5.10 Å². The first-order valence-electron chi connectivity index (χ1n) is 10.2. The van der Waals surface area contributed by atoms with E-state index in [0.717, 1.165) is 23.2 Å². The number of aromatic nitrogens is 2. The number of benzene rings is 2. The van der Waals surface area contributed by atoms with Crippen molar-refractivity contribution >= 4 is 11.9 Å². The molecule has 0 bridgehead atoms. The van der Waals surface area contributed by atoms with E-state index in [4.69, 9.17) is 5.73 Å². The Morgan fingerprint density at radius 1 is 1.13 bits per heavy atom. The monoisotopic (exact) mass is 421 g/mol. The van der Waals surface area contributed by atoms with Crippen LogP contribution in [0, 0.1) is 11.7 Å². The Morgan fingerprint density at radius 3 is 2.58 bits per heavy atom. The molecule has 31 heavy (non-hydrogen) atoms. The van der Waals surface area contributed by atoms with E-state index >= 15 is 0 Å². The third kappa shape index (κ3) is 4.74. The highest BCUT2D eigenvalue weighted by Gasteiger charge is 2.27. The Bertz CT molecular complexity index is 1070. The number of carbonyl (C=O) groups excluding carboxylic acids is 2. The van der Waals surface area contributed by atoms with Crippen LogP contribution in [0.3, 0.4) is 0 Å². The number of primary amides is 1. The minimum Gasteiger partial charge on any atom is -0.352 e. The molecule has 8 heteroatoms. The van der Waals surface area contributed by atoms with Crippen molar-refractivity contribution in [3.05, 3.63) is 72.2 Å². The number of nitrogens with two attached hydrogens (primary N) is 1. The minimum absolute atomic E-state index is 0.122. The summed E-state index contributed by atoms with van der Waals surface area (Å²) in [6.45, 7) is 1.18. The summed E-state index contributed by atoms with van der Waals surface area (Å²) in [7, 11) is 0. The fraction of sp³-hybridized carbons (Fsp3) is 0.261. The van der Waals surface area contributed by atoms with Crippen molar-refractivity contribution in [2.75, 3.05) is 13.1 Å². The molecule has 1 fully saturated rings. The fourth-order valence-electron chi connectivity index (χ4n) is 3.82.